The molecule has 0 fully saturated rings. The van der Waals surface area contributed by atoms with Gasteiger partial charge < -0.3 is 9.64 Å². The first-order chi connectivity index (χ1) is 9.90. The second-order valence-electron chi connectivity index (χ2n) is 3.78. The lowest BCUT2D eigenvalue weighted by atomic mass is 10.1. The Morgan fingerprint density at radius 3 is 1.55 bits per heavy atom. The minimum atomic E-state index is 0.933. The van der Waals surface area contributed by atoms with Gasteiger partial charge >= 0.3 is 0 Å². The number of benzene rings is 2. The van der Waals surface area contributed by atoms with E-state index < -0.39 is 0 Å². The van der Waals surface area contributed by atoms with Crippen molar-refractivity contribution in [2.75, 3.05) is 11.4 Å². The first-order valence-corrected chi connectivity index (χ1v) is 7.53. The maximum atomic E-state index is 5.87. The average Bonchev–Trinajstić information content (AvgIpc) is 2.56. The smallest absolute Gasteiger partial charge is 0.151 e. The van der Waals surface area contributed by atoms with Crippen molar-refractivity contribution in [1.82, 2.24) is 0 Å². The monoisotopic (exact) mass is 271 g/mol. The molecule has 0 amide bonds. The highest BCUT2D eigenvalue weighted by Gasteiger charge is 2.21. The molecule has 0 atom stereocenters. The highest BCUT2D eigenvalue weighted by atomic mass is 16.5. The topological polar surface area (TPSA) is 12.5 Å². The van der Waals surface area contributed by atoms with E-state index in [4.69, 9.17) is 4.74 Å². The summed E-state index contributed by atoms with van der Waals surface area (Å²) in [5.41, 5.74) is 2.28. The van der Waals surface area contributed by atoms with Crippen LogP contribution in [0.2, 0.25) is 0 Å². The van der Waals surface area contributed by atoms with E-state index in [0.29, 0.717) is 0 Å². The molecule has 0 bridgehead atoms. The van der Waals surface area contributed by atoms with E-state index in [9.17, 15) is 0 Å². The number of hydrogen-bond donors (Lipinski definition) is 0. The van der Waals surface area contributed by atoms with E-state index in [0.717, 1.165) is 29.4 Å². The molecule has 0 saturated heterocycles. The second kappa shape index (κ2) is 8.26. The van der Waals surface area contributed by atoms with Crippen molar-refractivity contribution in [2.45, 2.75) is 34.6 Å². The Morgan fingerprint density at radius 2 is 1.15 bits per heavy atom. The van der Waals surface area contributed by atoms with E-state index in [-0.39, 0.29) is 0 Å². The third-order valence-electron chi connectivity index (χ3n) is 2.85. The van der Waals surface area contributed by atoms with Crippen LogP contribution in [0.3, 0.4) is 0 Å². The Hall–Kier alpha value is -1.96. The fourth-order valence-electron chi connectivity index (χ4n) is 2.12. The minimum absolute atomic E-state index is 0.933. The Kier molecular flexibility index (Phi) is 6.65. The van der Waals surface area contributed by atoms with Gasteiger partial charge in [0.25, 0.3) is 0 Å². The average molecular weight is 271 g/mol. The van der Waals surface area contributed by atoms with Gasteiger partial charge in [0.1, 0.15) is 0 Å². The molecule has 0 N–H and O–H groups in total. The molecule has 0 unspecified atom stereocenters. The molecule has 1 aliphatic heterocycles. The molecule has 2 aromatic rings. The van der Waals surface area contributed by atoms with E-state index in [1.807, 2.05) is 64.1 Å². The predicted molar refractivity (Wildman–Crippen MR) is 88.3 cm³/mol. The summed E-state index contributed by atoms with van der Waals surface area (Å²) in [6.45, 7) is 11.1. The lowest BCUT2D eigenvalue weighted by molar-refractivity contribution is 0.474. The van der Waals surface area contributed by atoms with Gasteiger partial charge in [-0.25, -0.2) is 0 Å². The van der Waals surface area contributed by atoms with Crippen LogP contribution in [0.1, 0.15) is 34.6 Å². The molecule has 0 spiro atoms. The molecule has 108 valence electrons. The zero-order valence-corrected chi connectivity index (χ0v) is 13.2. The van der Waals surface area contributed by atoms with Crippen molar-refractivity contribution in [2.24, 2.45) is 0 Å². The van der Waals surface area contributed by atoms with Crippen molar-refractivity contribution < 1.29 is 4.74 Å². The molecule has 20 heavy (non-hydrogen) atoms. The first kappa shape index (κ1) is 16.1. The SMILES string of the molecule is CC.CC.CCN1c2ccccc2Oc2ccccc21. The van der Waals surface area contributed by atoms with Crippen LogP contribution in [0.5, 0.6) is 11.5 Å². The molecule has 2 nitrogen and oxygen atoms in total. The third kappa shape index (κ3) is 3.13. The zero-order valence-electron chi connectivity index (χ0n) is 13.2. The van der Waals surface area contributed by atoms with Gasteiger partial charge in [-0.15, -0.1) is 0 Å². The van der Waals surface area contributed by atoms with Gasteiger partial charge in [-0.2, -0.15) is 0 Å². The number of rotatable bonds is 1. The lowest BCUT2D eigenvalue weighted by Crippen LogP contribution is -2.20. The minimum Gasteiger partial charge on any atom is -0.453 e. The standard InChI is InChI=1S/C14H13NO.2C2H6/c1-2-15-11-7-3-5-9-13(11)16-14-10-6-4-8-12(14)15;2*1-2/h3-10H,2H2,1H3;2*1-2H3. The summed E-state index contributed by atoms with van der Waals surface area (Å²) in [7, 11) is 0. The van der Waals surface area contributed by atoms with Crippen molar-refractivity contribution in [3.05, 3.63) is 48.5 Å². The number of anilines is 2. The van der Waals surface area contributed by atoms with Crippen LogP contribution in [0.25, 0.3) is 0 Å². The summed E-state index contributed by atoms with van der Waals surface area (Å²) in [4.78, 5) is 2.27. The van der Waals surface area contributed by atoms with Gasteiger partial charge in [-0.05, 0) is 31.2 Å². The van der Waals surface area contributed by atoms with Crippen LogP contribution in [0, 0.1) is 0 Å². The van der Waals surface area contributed by atoms with E-state index >= 15 is 0 Å². The number of hydrogen-bond acceptors (Lipinski definition) is 2. The fourth-order valence-corrected chi connectivity index (χ4v) is 2.12. The van der Waals surface area contributed by atoms with Crippen molar-refractivity contribution in [3.8, 4) is 11.5 Å². The molecule has 2 aromatic carbocycles. The molecule has 2 heteroatoms. The summed E-state index contributed by atoms with van der Waals surface area (Å²) in [6, 6.07) is 16.3. The molecule has 1 heterocycles. The quantitative estimate of drug-likeness (QED) is 0.630. The zero-order chi connectivity index (χ0) is 15.0. The van der Waals surface area contributed by atoms with Crippen LogP contribution in [-0.2, 0) is 0 Å². The number of nitrogens with zero attached hydrogens (tertiary/aromatic N) is 1. The molecule has 3 rings (SSSR count). The van der Waals surface area contributed by atoms with Crippen molar-refractivity contribution in [3.63, 3.8) is 0 Å². The molecule has 0 radical (unpaired) electrons. The first-order valence-electron chi connectivity index (χ1n) is 7.53. The fraction of sp³-hybridized carbons (Fsp3) is 0.333. The molecule has 0 aromatic heterocycles. The number of para-hydroxylation sites is 4. The second-order valence-corrected chi connectivity index (χ2v) is 3.78. The maximum Gasteiger partial charge on any atom is 0.151 e. The summed E-state index contributed by atoms with van der Waals surface area (Å²) in [6.07, 6.45) is 0. The normalized spacial score (nSPS) is 10.8. The Labute approximate surface area is 123 Å². The molecule has 0 aliphatic carbocycles. The van der Waals surface area contributed by atoms with Crippen molar-refractivity contribution >= 4 is 11.4 Å². The van der Waals surface area contributed by atoms with Crippen LogP contribution in [0.4, 0.5) is 11.4 Å². The van der Waals surface area contributed by atoms with Gasteiger partial charge in [-0.3, -0.25) is 0 Å². The van der Waals surface area contributed by atoms with Gasteiger partial charge in [0.15, 0.2) is 11.5 Å². The summed E-state index contributed by atoms with van der Waals surface area (Å²) in [5, 5.41) is 0. The van der Waals surface area contributed by atoms with Crippen LogP contribution in [0.15, 0.2) is 48.5 Å². The van der Waals surface area contributed by atoms with Gasteiger partial charge in [-0.1, -0.05) is 52.0 Å². The van der Waals surface area contributed by atoms with E-state index in [1.54, 1.807) is 0 Å². The summed E-state index contributed by atoms with van der Waals surface area (Å²) in [5.74, 6) is 1.87. The summed E-state index contributed by atoms with van der Waals surface area (Å²) < 4.78 is 5.87. The predicted octanol–water partition coefficient (Wildman–Crippen LogP) is 6.00. The summed E-state index contributed by atoms with van der Waals surface area (Å²) >= 11 is 0. The maximum absolute atomic E-state index is 5.87. The molecule has 0 saturated carbocycles. The number of fused-ring (bicyclic) bond motifs is 2. The van der Waals surface area contributed by atoms with Gasteiger partial charge in [0, 0.05) is 6.54 Å². The van der Waals surface area contributed by atoms with Gasteiger partial charge in [0.05, 0.1) is 11.4 Å². The molecule has 1 aliphatic rings. The number of ether oxygens (including phenoxy) is 1. The van der Waals surface area contributed by atoms with E-state index in [1.165, 1.54) is 0 Å². The molecular formula is C18H25NO. The molecular weight excluding hydrogens is 246 g/mol. The van der Waals surface area contributed by atoms with Crippen LogP contribution < -0.4 is 9.64 Å². The third-order valence-corrected chi connectivity index (χ3v) is 2.85. The van der Waals surface area contributed by atoms with Crippen molar-refractivity contribution in [1.29, 1.82) is 0 Å². The van der Waals surface area contributed by atoms with Crippen LogP contribution >= 0.6 is 0 Å². The van der Waals surface area contributed by atoms with E-state index in [2.05, 4.69) is 24.0 Å². The Balaban J connectivity index is 0.000000461. The van der Waals surface area contributed by atoms with Crippen LogP contribution in [-0.4, -0.2) is 6.54 Å². The highest BCUT2D eigenvalue weighted by Crippen LogP contribution is 2.45. The Morgan fingerprint density at radius 1 is 0.750 bits per heavy atom. The largest absolute Gasteiger partial charge is 0.453 e. The Bertz CT molecular complexity index is 477. The van der Waals surface area contributed by atoms with Gasteiger partial charge in [0.2, 0.25) is 0 Å². The lowest BCUT2D eigenvalue weighted by Gasteiger charge is -2.31. The highest BCUT2D eigenvalue weighted by molar-refractivity contribution is 5.77.